The van der Waals surface area contributed by atoms with Gasteiger partial charge in [-0.25, -0.2) is 4.98 Å². The number of amides is 1. The normalized spacial score (nSPS) is 11.9. The van der Waals surface area contributed by atoms with Gasteiger partial charge in [-0.05, 0) is 19.1 Å². The van der Waals surface area contributed by atoms with Crippen LogP contribution in [0, 0.1) is 0 Å². The molecule has 0 saturated heterocycles. The average molecular weight is 315 g/mol. The summed E-state index contributed by atoms with van der Waals surface area (Å²) in [5.74, 6) is 0.630. The third-order valence-electron chi connectivity index (χ3n) is 2.47. The van der Waals surface area contributed by atoms with Crippen molar-refractivity contribution in [2.75, 3.05) is 6.61 Å². The van der Waals surface area contributed by atoms with E-state index in [0.29, 0.717) is 21.6 Å². The van der Waals surface area contributed by atoms with Crippen LogP contribution < -0.4 is 10.1 Å². The summed E-state index contributed by atoms with van der Waals surface area (Å²) in [6.45, 7) is 1.61. The van der Waals surface area contributed by atoms with E-state index in [1.54, 1.807) is 25.1 Å². The van der Waals surface area contributed by atoms with E-state index < -0.39 is 0 Å². The lowest BCUT2D eigenvalue weighted by Gasteiger charge is -2.12. The molecule has 2 aromatic rings. The molecule has 2 N–H and O–H groups in total. The lowest BCUT2D eigenvalue weighted by atomic mass is 10.3. The first-order chi connectivity index (χ1) is 9.56. The second-order valence-corrected chi connectivity index (χ2v) is 4.87. The molecule has 2 rings (SSSR count). The van der Waals surface area contributed by atoms with Crippen LogP contribution in [0.5, 0.6) is 5.75 Å². The largest absolute Gasteiger partial charge is 0.482 e. The van der Waals surface area contributed by atoms with Gasteiger partial charge in [0.15, 0.2) is 6.61 Å². The van der Waals surface area contributed by atoms with Crippen molar-refractivity contribution in [3.63, 3.8) is 0 Å². The van der Waals surface area contributed by atoms with Gasteiger partial charge in [0.25, 0.3) is 5.91 Å². The van der Waals surface area contributed by atoms with Crippen LogP contribution >= 0.6 is 23.2 Å². The van der Waals surface area contributed by atoms with E-state index in [1.807, 2.05) is 0 Å². The summed E-state index contributed by atoms with van der Waals surface area (Å²) in [6.07, 6.45) is 1.38. The summed E-state index contributed by atoms with van der Waals surface area (Å²) < 4.78 is 5.32. The summed E-state index contributed by atoms with van der Waals surface area (Å²) in [5, 5.41) is 9.98. The minimum absolute atomic E-state index is 0.168. The second-order valence-electron chi connectivity index (χ2n) is 4.02. The van der Waals surface area contributed by atoms with E-state index in [0.717, 1.165) is 0 Å². The first-order valence-corrected chi connectivity index (χ1v) is 6.54. The Balaban J connectivity index is 1.87. The van der Waals surface area contributed by atoms with Crippen LogP contribution in [-0.2, 0) is 4.79 Å². The van der Waals surface area contributed by atoms with Gasteiger partial charge in [0.2, 0.25) is 0 Å². The zero-order valence-electron chi connectivity index (χ0n) is 10.6. The third kappa shape index (κ3) is 3.85. The lowest BCUT2D eigenvalue weighted by Crippen LogP contribution is -2.31. The Hall–Kier alpha value is -1.79. The molecule has 106 valence electrons. The molecule has 1 aromatic heterocycles. The van der Waals surface area contributed by atoms with E-state index in [1.165, 1.54) is 6.33 Å². The average Bonchev–Trinajstić information content (AvgIpc) is 2.94. The SMILES string of the molecule is CC(NC(=O)COc1cc(Cl)ccc1Cl)c1ncn[nH]1. The third-order valence-corrected chi connectivity index (χ3v) is 3.02. The standard InChI is InChI=1S/C12H12Cl2N4O2/c1-7(12-15-6-16-18-12)17-11(19)5-20-10-4-8(13)2-3-9(10)14/h2-4,6-7H,5H2,1H3,(H,17,19)(H,15,16,18). The highest BCUT2D eigenvalue weighted by Crippen LogP contribution is 2.27. The number of aromatic amines is 1. The number of carbonyl (C=O) groups excluding carboxylic acids is 1. The molecule has 20 heavy (non-hydrogen) atoms. The van der Waals surface area contributed by atoms with Crippen molar-refractivity contribution in [2.24, 2.45) is 0 Å². The molecule has 6 nitrogen and oxygen atoms in total. The minimum Gasteiger partial charge on any atom is -0.482 e. The summed E-state index contributed by atoms with van der Waals surface area (Å²) in [6, 6.07) is 4.51. The first kappa shape index (κ1) is 14.6. The van der Waals surface area contributed by atoms with Crippen molar-refractivity contribution in [3.8, 4) is 5.75 Å². The van der Waals surface area contributed by atoms with Gasteiger partial charge < -0.3 is 10.1 Å². The van der Waals surface area contributed by atoms with Crippen molar-refractivity contribution in [1.82, 2.24) is 20.5 Å². The fourth-order valence-electron chi connectivity index (χ4n) is 1.51. The predicted molar refractivity (Wildman–Crippen MR) is 74.9 cm³/mol. The number of aromatic nitrogens is 3. The van der Waals surface area contributed by atoms with E-state index >= 15 is 0 Å². The van der Waals surface area contributed by atoms with Gasteiger partial charge in [-0.1, -0.05) is 23.2 Å². The van der Waals surface area contributed by atoms with Crippen LogP contribution in [0.1, 0.15) is 18.8 Å². The van der Waals surface area contributed by atoms with Crippen LogP contribution in [0.15, 0.2) is 24.5 Å². The molecule has 0 fully saturated rings. The molecule has 1 amide bonds. The van der Waals surface area contributed by atoms with Gasteiger partial charge in [-0.3, -0.25) is 9.89 Å². The van der Waals surface area contributed by atoms with Crippen molar-refractivity contribution < 1.29 is 9.53 Å². The highest BCUT2D eigenvalue weighted by Gasteiger charge is 2.13. The van der Waals surface area contributed by atoms with E-state index in [4.69, 9.17) is 27.9 Å². The summed E-state index contributed by atoms with van der Waals surface area (Å²) in [7, 11) is 0. The topological polar surface area (TPSA) is 79.9 Å². The Bertz CT molecular complexity index is 589. The van der Waals surface area contributed by atoms with Crippen LogP contribution in [0.4, 0.5) is 0 Å². The van der Waals surface area contributed by atoms with Crippen molar-refractivity contribution in [2.45, 2.75) is 13.0 Å². The van der Waals surface area contributed by atoms with Gasteiger partial charge >= 0.3 is 0 Å². The number of hydrogen-bond donors (Lipinski definition) is 2. The maximum absolute atomic E-state index is 11.7. The molecule has 0 saturated carbocycles. The fraction of sp³-hybridized carbons (Fsp3) is 0.250. The fourth-order valence-corrected chi connectivity index (χ4v) is 1.84. The van der Waals surface area contributed by atoms with Crippen LogP contribution in [-0.4, -0.2) is 27.7 Å². The first-order valence-electron chi connectivity index (χ1n) is 5.78. The quantitative estimate of drug-likeness (QED) is 0.888. The van der Waals surface area contributed by atoms with Crippen LogP contribution in [0.25, 0.3) is 0 Å². The molecular formula is C12H12Cl2N4O2. The number of benzene rings is 1. The molecule has 1 aromatic carbocycles. The number of hydrogen-bond acceptors (Lipinski definition) is 4. The molecule has 0 aliphatic carbocycles. The van der Waals surface area contributed by atoms with Crippen molar-refractivity contribution >= 4 is 29.1 Å². The van der Waals surface area contributed by atoms with E-state index in [2.05, 4.69) is 20.5 Å². The highest BCUT2D eigenvalue weighted by atomic mass is 35.5. The van der Waals surface area contributed by atoms with Gasteiger partial charge in [0.05, 0.1) is 11.1 Å². The Morgan fingerprint density at radius 2 is 2.30 bits per heavy atom. The molecule has 0 bridgehead atoms. The molecular weight excluding hydrogens is 303 g/mol. The maximum atomic E-state index is 11.7. The van der Waals surface area contributed by atoms with Gasteiger partial charge in [-0.2, -0.15) is 5.10 Å². The molecule has 0 spiro atoms. The summed E-state index contributed by atoms with van der Waals surface area (Å²) in [5.41, 5.74) is 0. The number of carbonyl (C=O) groups is 1. The second kappa shape index (κ2) is 6.58. The Morgan fingerprint density at radius 3 is 3.00 bits per heavy atom. The molecule has 0 aliphatic heterocycles. The van der Waals surface area contributed by atoms with E-state index in [-0.39, 0.29) is 18.6 Å². The smallest absolute Gasteiger partial charge is 0.258 e. The lowest BCUT2D eigenvalue weighted by molar-refractivity contribution is -0.123. The van der Waals surface area contributed by atoms with Crippen LogP contribution in [0.2, 0.25) is 10.0 Å². The number of ether oxygens (including phenoxy) is 1. The molecule has 1 unspecified atom stereocenters. The number of nitrogens with one attached hydrogen (secondary N) is 2. The van der Waals surface area contributed by atoms with E-state index in [9.17, 15) is 4.79 Å². The molecule has 8 heteroatoms. The Kier molecular flexibility index (Phi) is 4.81. The van der Waals surface area contributed by atoms with Gasteiger partial charge in [0, 0.05) is 11.1 Å². The highest BCUT2D eigenvalue weighted by molar-refractivity contribution is 6.34. The maximum Gasteiger partial charge on any atom is 0.258 e. The zero-order chi connectivity index (χ0) is 14.5. The summed E-state index contributed by atoms with van der Waals surface area (Å²) in [4.78, 5) is 15.7. The van der Waals surface area contributed by atoms with Crippen molar-refractivity contribution in [3.05, 3.63) is 40.4 Å². The minimum atomic E-state index is -0.301. The monoisotopic (exact) mass is 314 g/mol. The molecule has 1 heterocycles. The molecule has 1 atom stereocenters. The van der Waals surface area contributed by atoms with Crippen molar-refractivity contribution in [1.29, 1.82) is 0 Å². The number of halogens is 2. The Labute approximate surface area is 125 Å². The predicted octanol–water partition coefficient (Wildman–Crippen LogP) is 2.37. The number of nitrogens with zero attached hydrogens (tertiary/aromatic N) is 2. The Morgan fingerprint density at radius 1 is 1.50 bits per heavy atom. The zero-order valence-corrected chi connectivity index (χ0v) is 12.1. The van der Waals surface area contributed by atoms with Crippen LogP contribution in [0.3, 0.4) is 0 Å². The van der Waals surface area contributed by atoms with Gasteiger partial charge in [-0.15, -0.1) is 0 Å². The summed E-state index contributed by atoms with van der Waals surface area (Å²) >= 11 is 11.8. The number of H-pyrrole nitrogens is 1. The number of rotatable bonds is 5. The molecule has 0 radical (unpaired) electrons. The van der Waals surface area contributed by atoms with Gasteiger partial charge in [0.1, 0.15) is 17.9 Å². The molecule has 0 aliphatic rings.